The van der Waals surface area contributed by atoms with E-state index in [9.17, 15) is 14.4 Å². The molecule has 4 aliphatic rings. The summed E-state index contributed by atoms with van der Waals surface area (Å²) in [7, 11) is 0. The highest BCUT2D eigenvalue weighted by molar-refractivity contribution is 5.94. The Morgan fingerprint density at radius 2 is 1.69 bits per heavy atom. The first-order valence-electron chi connectivity index (χ1n) is 13.3. The van der Waals surface area contributed by atoms with E-state index in [0.29, 0.717) is 61.1 Å². The molecule has 32 heavy (non-hydrogen) atoms. The minimum atomic E-state index is -0.304. The van der Waals surface area contributed by atoms with E-state index in [4.69, 9.17) is 0 Å². The molecule has 0 heterocycles. The Bertz CT molecular complexity index is 809. The van der Waals surface area contributed by atoms with Gasteiger partial charge in [0.25, 0.3) is 0 Å². The van der Waals surface area contributed by atoms with Crippen LogP contribution in [0.25, 0.3) is 0 Å². The van der Waals surface area contributed by atoms with Crippen molar-refractivity contribution in [3.8, 4) is 0 Å². The molecular formula is C29H44O3. The van der Waals surface area contributed by atoms with E-state index in [1.165, 1.54) is 0 Å². The second-order valence-electron chi connectivity index (χ2n) is 12.6. The highest BCUT2D eigenvalue weighted by atomic mass is 16.1. The highest BCUT2D eigenvalue weighted by Crippen LogP contribution is 2.66. The topological polar surface area (TPSA) is 51.2 Å². The van der Waals surface area contributed by atoms with Crippen molar-refractivity contribution in [2.24, 2.45) is 58.2 Å². The summed E-state index contributed by atoms with van der Waals surface area (Å²) in [5, 5.41) is 0. The van der Waals surface area contributed by atoms with Crippen LogP contribution in [0.2, 0.25) is 0 Å². The average Bonchev–Trinajstić information content (AvgIpc) is 3.06. The Labute approximate surface area is 195 Å². The smallest absolute Gasteiger partial charge is 0.137 e. The fourth-order valence-electron chi connectivity index (χ4n) is 8.85. The van der Waals surface area contributed by atoms with Gasteiger partial charge in [0.2, 0.25) is 0 Å². The first kappa shape index (κ1) is 23.9. The van der Waals surface area contributed by atoms with Gasteiger partial charge in [0.05, 0.1) is 0 Å². The first-order valence-corrected chi connectivity index (χ1v) is 13.3. The number of ketones is 3. The van der Waals surface area contributed by atoms with Gasteiger partial charge in [-0.1, -0.05) is 53.7 Å². The molecule has 4 saturated carbocycles. The molecule has 0 bridgehead atoms. The molecule has 4 aliphatic carbocycles. The van der Waals surface area contributed by atoms with Crippen molar-refractivity contribution in [3.63, 3.8) is 0 Å². The summed E-state index contributed by atoms with van der Waals surface area (Å²) < 4.78 is 0. The normalized spacial score (nSPS) is 43.8. The molecule has 3 nitrogen and oxygen atoms in total. The standard InChI is InChI=1S/C29H44O3/c1-7-19(17(2)3)9-8-18(4)22-10-11-23-21-15-25(31)24-14-20(30)12-13-28(24,5)27(21)26(32)16-29(22,23)6/h8-9,17-19,21-24,27H,7,10-16H2,1-6H3/b9-8+/t18-,19-,21+,22-,23+,24-,27-,28+,29-/m1/s1. The Kier molecular flexibility index (Phi) is 6.36. The summed E-state index contributed by atoms with van der Waals surface area (Å²) in [6, 6.07) is 0. The van der Waals surface area contributed by atoms with Crippen molar-refractivity contribution in [2.45, 2.75) is 92.9 Å². The van der Waals surface area contributed by atoms with Gasteiger partial charge >= 0.3 is 0 Å². The zero-order chi connectivity index (χ0) is 23.4. The first-order chi connectivity index (χ1) is 15.0. The van der Waals surface area contributed by atoms with Gasteiger partial charge in [-0.15, -0.1) is 0 Å². The average molecular weight is 441 g/mol. The third kappa shape index (κ3) is 3.66. The van der Waals surface area contributed by atoms with Gasteiger partial charge in [-0.3, -0.25) is 14.4 Å². The third-order valence-electron chi connectivity index (χ3n) is 10.7. The Balaban J connectivity index is 1.59. The lowest BCUT2D eigenvalue weighted by molar-refractivity contribution is -0.167. The van der Waals surface area contributed by atoms with Crippen molar-refractivity contribution < 1.29 is 14.4 Å². The van der Waals surface area contributed by atoms with E-state index >= 15 is 0 Å². The predicted molar refractivity (Wildman–Crippen MR) is 128 cm³/mol. The van der Waals surface area contributed by atoms with Crippen LogP contribution in [0.4, 0.5) is 0 Å². The van der Waals surface area contributed by atoms with Crippen LogP contribution in [-0.2, 0) is 14.4 Å². The van der Waals surface area contributed by atoms with Crippen LogP contribution in [0.15, 0.2) is 12.2 Å². The fourth-order valence-corrected chi connectivity index (χ4v) is 8.85. The summed E-state index contributed by atoms with van der Waals surface area (Å²) >= 11 is 0. The van der Waals surface area contributed by atoms with Crippen molar-refractivity contribution >= 4 is 17.3 Å². The number of rotatable bonds is 5. The lowest BCUT2D eigenvalue weighted by atomic mass is 9.44. The van der Waals surface area contributed by atoms with Crippen LogP contribution in [0.1, 0.15) is 92.9 Å². The largest absolute Gasteiger partial charge is 0.300 e. The van der Waals surface area contributed by atoms with Crippen LogP contribution < -0.4 is 0 Å². The van der Waals surface area contributed by atoms with Gasteiger partial charge in [-0.25, -0.2) is 0 Å². The second kappa shape index (κ2) is 8.51. The zero-order valence-corrected chi connectivity index (χ0v) is 21.2. The number of carbonyl (C=O) groups excluding carboxylic acids is 3. The molecule has 4 rings (SSSR count). The quantitative estimate of drug-likeness (QED) is 0.462. The van der Waals surface area contributed by atoms with Gasteiger partial charge in [0.15, 0.2) is 0 Å². The number of hydrogen-bond acceptors (Lipinski definition) is 3. The molecule has 0 aromatic rings. The number of allylic oxidation sites excluding steroid dienone is 2. The van der Waals surface area contributed by atoms with Crippen molar-refractivity contribution in [2.75, 3.05) is 0 Å². The maximum absolute atomic E-state index is 13.8. The fraction of sp³-hybridized carbons (Fsp3) is 0.828. The van der Waals surface area contributed by atoms with E-state index in [1.807, 2.05) is 0 Å². The summed E-state index contributed by atoms with van der Waals surface area (Å²) in [6.45, 7) is 13.7. The van der Waals surface area contributed by atoms with E-state index in [1.54, 1.807) is 0 Å². The number of fused-ring (bicyclic) bond motifs is 5. The SMILES string of the molecule is CC[C@H](/C=C/[C@@H](C)[C@H]1CC[C@H]2[C@@H]3CC(=O)[C@H]4CC(=O)CC[C@]4(C)[C@H]3C(=O)C[C@]12C)C(C)C. The summed E-state index contributed by atoms with van der Waals surface area (Å²) in [4.78, 5) is 39.2. The number of hydrogen-bond donors (Lipinski definition) is 0. The molecule has 9 atom stereocenters. The highest BCUT2D eigenvalue weighted by Gasteiger charge is 2.65. The van der Waals surface area contributed by atoms with Crippen molar-refractivity contribution in [1.29, 1.82) is 0 Å². The van der Waals surface area contributed by atoms with E-state index in [0.717, 1.165) is 25.7 Å². The Morgan fingerprint density at radius 1 is 0.969 bits per heavy atom. The van der Waals surface area contributed by atoms with E-state index in [2.05, 4.69) is 53.7 Å². The molecule has 0 aromatic heterocycles. The maximum Gasteiger partial charge on any atom is 0.137 e. The van der Waals surface area contributed by atoms with Crippen molar-refractivity contribution in [1.82, 2.24) is 0 Å². The number of carbonyl (C=O) groups is 3. The molecule has 178 valence electrons. The molecule has 0 N–H and O–H groups in total. The van der Waals surface area contributed by atoms with E-state index in [-0.39, 0.29) is 40.2 Å². The zero-order valence-electron chi connectivity index (χ0n) is 21.2. The maximum atomic E-state index is 13.8. The van der Waals surface area contributed by atoms with E-state index < -0.39 is 0 Å². The lowest BCUT2D eigenvalue weighted by Crippen LogP contribution is -2.60. The van der Waals surface area contributed by atoms with Crippen LogP contribution in [0.3, 0.4) is 0 Å². The molecule has 0 aromatic carbocycles. The van der Waals surface area contributed by atoms with Crippen LogP contribution in [0.5, 0.6) is 0 Å². The minimum absolute atomic E-state index is 0.00445. The molecule has 0 amide bonds. The monoisotopic (exact) mass is 440 g/mol. The molecular weight excluding hydrogens is 396 g/mol. The van der Waals surface area contributed by atoms with Gasteiger partial charge in [-0.05, 0) is 72.0 Å². The lowest BCUT2D eigenvalue weighted by Gasteiger charge is -2.58. The van der Waals surface area contributed by atoms with Crippen LogP contribution >= 0.6 is 0 Å². The van der Waals surface area contributed by atoms with Gasteiger partial charge in [-0.2, -0.15) is 0 Å². The minimum Gasteiger partial charge on any atom is -0.300 e. The summed E-state index contributed by atoms with van der Waals surface area (Å²) in [5.41, 5.74) is -0.308. The molecule has 0 saturated heterocycles. The molecule has 4 fully saturated rings. The van der Waals surface area contributed by atoms with Crippen molar-refractivity contribution in [3.05, 3.63) is 12.2 Å². The second-order valence-corrected chi connectivity index (χ2v) is 12.6. The summed E-state index contributed by atoms with van der Waals surface area (Å²) in [6.07, 6.45) is 11.1. The predicted octanol–water partition coefficient (Wildman–Crippen LogP) is 6.45. The molecule has 3 heteroatoms. The third-order valence-corrected chi connectivity index (χ3v) is 10.7. The van der Waals surface area contributed by atoms with Crippen LogP contribution in [0, 0.1) is 58.2 Å². The molecule has 0 spiro atoms. The molecule has 0 unspecified atom stereocenters. The molecule has 0 aliphatic heterocycles. The van der Waals surface area contributed by atoms with Gasteiger partial charge in [0, 0.05) is 37.5 Å². The van der Waals surface area contributed by atoms with Crippen LogP contribution in [-0.4, -0.2) is 17.3 Å². The molecule has 0 radical (unpaired) electrons. The van der Waals surface area contributed by atoms with Gasteiger partial charge < -0.3 is 0 Å². The summed E-state index contributed by atoms with van der Waals surface area (Å²) in [5.74, 6) is 3.48. The van der Waals surface area contributed by atoms with Gasteiger partial charge in [0.1, 0.15) is 17.3 Å². The Hall–Kier alpha value is -1.25. The Morgan fingerprint density at radius 3 is 2.34 bits per heavy atom. The number of Topliss-reactive ketones (excluding diaryl/α,β-unsaturated/α-hetero) is 3.